The highest BCUT2D eigenvalue weighted by Crippen LogP contribution is 2.30. The molecule has 0 saturated heterocycles. The number of thioether (sulfide) groups is 1. The van der Waals surface area contributed by atoms with Gasteiger partial charge in [-0.1, -0.05) is 25.1 Å². The van der Waals surface area contributed by atoms with Crippen molar-refractivity contribution in [2.75, 3.05) is 17.7 Å². The summed E-state index contributed by atoms with van der Waals surface area (Å²) >= 11 is 2.80. The normalized spacial score (nSPS) is 13.7. The zero-order valence-electron chi connectivity index (χ0n) is 15.6. The van der Waals surface area contributed by atoms with Crippen LogP contribution in [0.1, 0.15) is 54.2 Å². The molecule has 0 aromatic carbocycles. The standard InChI is InChI=1S/C18H24N4O3S2/c1-3-12-10-13(17(24)25-4-2)16(27-12)19-15(23)11-26-18-21-20-14-8-6-5-7-9-22(14)18/h10H,3-9,11H2,1-2H3,(H,19,23). The minimum Gasteiger partial charge on any atom is -0.462 e. The number of hydrogen-bond donors (Lipinski definition) is 1. The fourth-order valence-electron chi connectivity index (χ4n) is 2.93. The Morgan fingerprint density at radius 1 is 1.30 bits per heavy atom. The topological polar surface area (TPSA) is 86.1 Å². The fourth-order valence-corrected chi connectivity index (χ4v) is 4.71. The quantitative estimate of drug-likeness (QED) is 0.557. The predicted molar refractivity (Wildman–Crippen MR) is 107 cm³/mol. The summed E-state index contributed by atoms with van der Waals surface area (Å²) in [6.45, 7) is 4.99. The highest BCUT2D eigenvalue weighted by atomic mass is 32.2. The maximum atomic E-state index is 12.4. The lowest BCUT2D eigenvalue weighted by atomic mass is 10.2. The molecular weight excluding hydrogens is 384 g/mol. The van der Waals surface area contributed by atoms with Gasteiger partial charge in [0.15, 0.2) is 5.16 Å². The number of esters is 1. The molecule has 2 aromatic rings. The number of nitrogens with zero attached hydrogens (tertiary/aromatic N) is 3. The largest absolute Gasteiger partial charge is 0.462 e. The third kappa shape index (κ3) is 4.90. The lowest BCUT2D eigenvalue weighted by Crippen LogP contribution is -2.16. The van der Waals surface area contributed by atoms with Crippen molar-refractivity contribution in [3.8, 4) is 0 Å². The molecule has 27 heavy (non-hydrogen) atoms. The first-order valence-corrected chi connectivity index (χ1v) is 11.1. The van der Waals surface area contributed by atoms with Crippen LogP contribution in [0.2, 0.25) is 0 Å². The molecule has 9 heteroatoms. The average molecular weight is 409 g/mol. The van der Waals surface area contributed by atoms with E-state index < -0.39 is 5.97 Å². The number of ether oxygens (including phenoxy) is 1. The number of aryl methyl sites for hydroxylation is 2. The summed E-state index contributed by atoms with van der Waals surface area (Å²) in [5, 5.41) is 12.7. The van der Waals surface area contributed by atoms with E-state index in [0.717, 1.165) is 48.1 Å². The van der Waals surface area contributed by atoms with Crippen LogP contribution in [0.5, 0.6) is 0 Å². The van der Waals surface area contributed by atoms with Gasteiger partial charge in [-0.3, -0.25) is 4.79 Å². The van der Waals surface area contributed by atoms with E-state index in [-0.39, 0.29) is 11.7 Å². The second-order valence-corrected chi connectivity index (χ2v) is 8.31. The van der Waals surface area contributed by atoms with E-state index in [4.69, 9.17) is 4.74 Å². The highest BCUT2D eigenvalue weighted by molar-refractivity contribution is 7.99. The van der Waals surface area contributed by atoms with Crippen molar-refractivity contribution in [1.29, 1.82) is 0 Å². The van der Waals surface area contributed by atoms with Crippen molar-refractivity contribution in [2.45, 2.75) is 57.7 Å². The molecule has 146 valence electrons. The Morgan fingerprint density at radius 3 is 2.93 bits per heavy atom. The molecule has 3 rings (SSSR count). The van der Waals surface area contributed by atoms with E-state index in [9.17, 15) is 9.59 Å². The number of hydrogen-bond acceptors (Lipinski definition) is 7. The second-order valence-electron chi connectivity index (χ2n) is 6.23. The van der Waals surface area contributed by atoms with Gasteiger partial charge in [0.1, 0.15) is 10.8 Å². The van der Waals surface area contributed by atoms with Crippen LogP contribution in [0.15, 0.2) is 11.2 Å². The number of amides is 1. The number of aromatic nitrogens is 3. The highest BCUT2D eigenvalue weighted by Gasteiger charge is 2.20. The van der Waals surface area contributed by atoms with Crippen LogP contribution in [0, 0.1) is 0 Å². The number of thiophene rings is 1. The number of rotatable bonds is 7. The molecule has 3 heterocycles. The molecule has 0 atom stereocenters. The summed E-state index contributed by atoms with van der Waals surface area (Å²) in [7, 11) is 0. The molecule has 2 aromatic heterocycles. The van der Waals surface area contributed by atoms with Gasteiger partial charge in [-0.15, -0.1) is 21.5 Å². The minimum atomic E-state index is -0.404. The van der Waals surface area contributed by atoms with Crippen LogP contribution in [0.25, 0.3) is 0 Å². The maximum Gasteiger partial charge on any atom is 0.341 e. The van der Waals surface area contributed by atoms with Gasteiger partial charge in [-0.25, -0.2) is 4.79 Å². The Balaban J connectivity index is 1.64. The lowest BCUT2D eigenvalue weighted by Gasteiger charge is -2.07. The van der Waals surface area contributed by atoms with Crippen LogP contribution < -0.4 is 5.32 Å². The SMILES string of the molecule is CCOC(=O)c1cc(CC)sc1NC(=O)CSc1nnc2n1CCCCC2. The molecule has 1 amide bonds. The molecular formula is C18H24N4O3S2. The maximum absolute atomic E-state index is 12.4. The number of carbonyl (C=O) groups is 2. The Morgan fingerprint density at radius 2 is 2.15 bits per heavy atom. The smallest absolute Gasteiger partial charge is 0.341 e. The van der Waals surface area contributed by atoms with E-state index >= 15 is 0 Å². The van der Waals surface area contributed by atoms with Gasteiger partial charge in [0.2, 0.25) is 5.91 Å². The molecule has 0 aliphatic carbocycles. The zero-order valence-corrected chi connectivity index (χ0v) is 17.3. The summed E-state index contributed by atoms with van der Waals surface area (Å²) in [5.74, 6) is 0.658. The lowest BCUT2D eigenvalue weighted by molar-refractivity contribution is -0.113. The minimum absolute atomic E-state index is 0.166. The van der Waals surface area contributed by atoms with Crippen LogP contribution in [-0.4, -0.2) is 39.0 Å². The van der Waals surface area contributed by atoms with Gasteiger partial charge in [0, 0.05) is 17.8 Å². The molecule has 0 unspecified atom stereocenters. The van der Waals surface area contributed by atoms with Crippen molar-refractivity contribution in [1.82, 2.24) is 14.8 Å². The van der Waals surface area contributed by atoms with E-state index in [1.165, 1.54) is 29.5 Å². The molecule has 1 aliphatic rings. The molecule has 0 fully saturated rings. The first-order valence-electron chi connectivity index (χ1n) is 9.26. The first kappa shape index (κ1) is 19.9. The van der Waals surface area contributed by atoms with E-state index in [2.05, 4.69) is 20.1 Å². The van der Waals surface area contributed by atoms with Crippen molar-refractivity contribution in [3.05, 3.63) is 22.3 Å². The van der Waals surface area contributed by atoms with E-state index in [0.29, 0.717) is 17.2 Å². The third-order valence-electron chi connectivity index (χ3n) is 4.29. The van der Waals surface area contributed by atoms with Crippen molar-refractivity contribution >= 4 is 40.0 Å². The molecule has 0 bridgehead atoms. The Hall–Kier alpha value is -1.87. The summed E-state index contributed by atoms with van der Waals surface area (Å²) in [6.07, 6.45) is 5.19. The van der Waals surface area contributed by atoms with Gasteiger partial charge < -0.3 is 14.6 Å². The molecule has 0 radical (unpaired) electrons. The summed E-state index contributed by atoms with van der Waals surface area (Å²) in [6, 6.07) is 1.80. The Kier molecular flexibility index (Phi) is 6.89. The summed E-state index contributed by atoms with van der Waals surface area (Å²) in [5.41, 5.74) is 0.424. The van der Waals surface area contributed by atoms with Crippen LogP contribution in [0.4, 0.5) is 5.00 Å². The van der Waals surface area contributed by atoms with E-state index in [1.54, 1.807) is 13.0 Å². The predicted octanol–water partition coefficient (Wildman–Crippen LogP) is 3.54. The molecule has 1 aliphatic heterocycles. The van der Waals surface area contributed by atoms with Gasteiger partial charge in [0.25, 0.3) is 0 Å². The number of carbonyl (C=O) groups excluding carboxylic acids is 2. The summed E-state index contributed by atoms with van der Waals surface area (Å²) in [4.78, 5) is 25.6. The third-order valence-corrected chi connectivity index (χ3v) is 6.45. The van der Waals surface area contributed by atoms with Crippen molar-refractivity contribution in [3.63, 3.8) is 0 Å². The van der Waals surface area contributed by atoms with E-state index in [1.807, 2.05) is 6.92 Å². The van der Waals surface area contributed by atoms with Crippen molar-refractivity contribution in [2.24, 2.45) is 0 Å². The van der Waals surface area contributed by atoms with Gasteiger partial charge in [-0.2, -0.15) is 0 Å². The monoisotopic (exact) mass is 408 g/mol. The van der Waals surface area contributed by atoms with Crippen molar-refractivity contribution < 1.29 is 14.3 Å². The molecule has 1 N–H and O–H groups in total. The Bertz CT molecular complexity index is 816. The number of nitrogens with one attached hydrogen (secondary N) is 1. The average Bonchev–Trinajstić information content (AvgIpc) is 3.16. The van der Waals surface area contributed by atoms with Gasteiger partial charge in [0.05, 0.1) is 17.9 Å². The summed E-state index contributed by atoms with van der Waals surface area (Å²) < 4.78 is 7.21. The van der Waals surface area contributed by atoms with Gasteiger partial charge in [-0.05, 0) is 32.3 Å². The fraction of sp³-hybridized carbons (Fsp3) is 0.556. The zero-order chi connectivity index (χ0) is 19.2. The van der Waals surface area contributed by atoms with Crippen LogP contribution >= 0.6 is 23.1 Å². The first-order chi connectivity index (χ1) is 13.1. The van der Waals surface area contributed by atoms with Gasteiger partial charge >= 0.3 is 5.97 Å². The Labute approximate surface area is 166 Å². The molecule has 0 saturated carbocycles. The number of anilines is 1. The van der Waals surface area contributed by atoms with Crippen LogP contribution in [-0.2, 0) is 28.9 Å². The molecule has 7 nitrogen and oxygen atoms in total. The van der Waals surface area contributed by atoms with Crippen LogP contribution in [0.3, 0.4) is 0 Å². The molecule has 0 spiro atoms. The number of fused-ring (bicyclic) bond motifs is 1. The second kappa shape index (κ2) is 9.36.